The molecule has 0 aliphatic carbocycles. The largest absolute Gasteiger partial charge is 0.493 e. The van der Waals surface area contributed by atoms with Crippen molar-refractivity contribution in [2.45, 2.75) is 6.42 Å². The van der Waals surface area contributed by atoms with Gasteiger partial charge in [0.2, 0.25) is 5.95 Å². The second kappa shape index (κ2) is 5.83. The summed E-state index contributed by atoms with van der Waals surface area (Å²) in [6, 6.07) is 3.62. The summed E-state index contributed by atoms with van der Waals surface area (Å²) in [6.07, 6.45) is 2.12. The molecule has 0 saturated carbocycles. The van der Waals surface area contributed by atoms with E-state index in [0.29, 0.717) is 28.8 Å². The Kier molecular flexibility index (Phi) is 4.14. The zero-order valence-corrected chi connectivity index (χ0v) is 11.9. The molecule has 4 N–H and O–H groups in total. The van der Waals surface area contributed by atoms with Crippen LogP contribution in [-0.2, 0) is 6.42 Å². The molecule has 20 heavy (non-hydrogen) atoms. The first kappa shape index (κ1) is 14.2. The van der Waals surface area contributed by atoms with Crippen LogP contribution in [0, 0.1) is 0 Å². The molecule has 1 aromatic heterocycles. The van der Waals surface area contributed by atoms with Crippen LogP contribution >= 0.6 is 11.6 Å². The van der Waals surface area contributed by atoms with Gasteiger partial charge < -0.3 is 20.9 Å². The Morgan fingerprint density at radius 2 is 1.95 bits per heavy atom. The average Bonchev–Trinajstić information content (AvgIpc) is 2.41. The van der Waals surface area contributed by atoms with Crippen LogP contribution in [0.4, 0.5) is 11.8 Å². The minimum Gasteiger partial charge on any atom is -0.493 e. The van der Waals surface area contributed by atoms with Crippen LogP contribution in [0.2, 0.25) is 5.02 Å². The fraction of sp³-hybridized carbons (Fsp3) is 0.231. The number of hydrogen-bond donors (Lipinski definition) is 2. The van der Waals surface area contributed by atoms with Crippen molar-refractivity contribution >= 4 is 23.4 Å². The third kappa shape index (κ3) is 2.85. The summed E-state index contributed by atoms with van der Waals surface area (Å²) in [4.78, 5) is 7.86. The number of anilines is 2. The molecule has 0 saturated heterocycles. The Morgan fingerprint density at radius 1 is 1.20 bits per heavy atom. The van der Waals surface area contributed by atoms with E-state index < -0.39 is 0 Å². The summed E-state index contributed by atoms with van der Waals surface area (Å²) < 4.78 is 10.4. The van der Waals surface area contributed by atoms with Crippen molar-refractivity contribution in [1.29, 1.82) is 0 Å². The van der Waals surface area contributed by atoms with Gasteiger partial charge >= 0.3 is 0 Å². The van der Waals surface area contributed by atoms with Gasteiger partial charge in [-0.15, -0.1) is 0 Å². The minimum absolute atomic E-state index is 0.150. The number of benzene rings is 1. The number of nitrogen functional groups attached to an aromatic ring is 2. The van der Waals surface area contributed by atoms with Crippen molar-refractivity contribution in [3.63, 3.8) is 0 Å². The quantitative estimate of drug-likeness (QED) is 0.894. The zero-order valence-electron chi connectivity index (χ0n) is 11.2. The van der Waals surface area contributed by atoms with Gasteiger partial charge in [0.05, 0.1) is 19.2 Å². The summed E-state index contributed by atoms with van der Waals surface area (Å²) >= 11 is 6.16. The third-order valence-corrected chi connectivity index (χ3v) is 3.09. The van der Waals surface area contributed by atoms with Gasteiger partial charge in [0.25, 0.3) is 0 Å². The molecule has 0 atom stereocenters. The number of methoxy groups -OCH3 is 2. The highest BCUT2D eigenvalue weighted by atomic mass is 35.5. The van der Waals surface area contributed by atoms with E-state index in [1.165, 1.54) is 7.11 Å². The van der Waals surface area contributed by atoms with Gasteiger partial charge in [-0.1, -0.05) is 11.6 Å². The lowest BCUT2D eigenvalue weighted by Crippen LogP contribution is -2.04. The van der Waals surface area contributed by atoms with E-state index in [2.05, 4.69) is 9.97 Å². The molecule has 0 amide bonds. The second-order valence-corrected chi connectivity index (χ2v) is 4.54. The molecule has 7 heteroatoms. The summed E-state index contributed by atoms with van der Waals surface area (Å²) in [6.45, 7) is 0. The first-order chi connectivity index (χ1) is 9.55. The standard InChI is InChI=1S/C13H15ClN4O2/c1-19-10-5-7(4-9(14)11(10)20-2)3-8-6-17-13(16)18-12(8)15/h4-6H,3H2,1-2H3,(H4,15,16,17,18). The zero-order chi connectivity index (χ0) is 14.7. The Hall–Kier alpha value is -2.21. The number of hydrogen-bond acceptors (Lipinski definition) is 6. The molecule has 0 unspecified atom stereocenters. The van der Waals surface area contributed by atoms with Gasteiger partial charge in [-0.2, -0.15) is 4.98 Å². The van der Waals surface area contributed by atoms with E-state index >= 15 is 0 Å². The molecule has 1 aromatic carbocycles. The van der Waals surface area contributed by atoms with E-state index in [9.17, 15) is 0 Å². The summed E-state index contributed by atoms with van der Waals surface area (Å²) in [5.74, 6) is 1.56. The van der Waals surface area contributed by atoms with Crippen molar-refractivity contribution in [3.8, 4) is 11.5 Å². The van der Waals surface area contributed by atoms with Crippen molar-refractivity contribution in [1.82, 2.24) is 9.97 Å². The van der Waals surface area contributed by atoms with Gasteiger partial charge in [0, 0.05) is 18.2 Å². The normalized spacial score (nSPS) is 10.3. The van der Waals surface area contributed by atoms with E-state index in [0.717, 1.165) is 11.1 Å². The summed E-state index contributed by atoms with van der Waals surface area (Å²) in [5, 5.41) is 0.469. The highest BCUT2D eigenvalue weighted by molar-refractivity contribution is 6.32. The lowest BCUT2D eigenvalue weighted by Gasteiger charge is -2.12. The molecule has 0 bridgehead atoms. The van der Waals surface area contributed by atoms with Gasteiger partial charge in [0.1, 0.15) is 5.82 Å². The molecule has 0 radical (unpaired) electrons. The Balaban J connectivity index is 2.36. The number of rotatable bonds is 4. The molecule has 106 valence electrons. The fourth-order valence-corrected chi connectivity index (χ4v) is 2.17. The van der Waals surface area contributed by atoms with Gasteiger partial charge in [0.15, 0.2) is 11.5 Å². The highest BCUT2D eigenvalue weighted by Crippen LogP contribution is 2.36. The highest BCUT2D eigenvalue weighted by Gasteiger charge is 2.12. The lowest BCUT2D eigenvalue weighted by molar-refractivity contribution is 0.355. The molecular formula is C13H15ClN4O2. The maximum atomic E-state index is 6.16. The van der Waals surface area contributed by atoms with E-state index in [-0.39, 0.29) is 5.95 Å². The predicted octanol–water partition coefficient (Wildman–Crippen LogP) is 1.90. The van der Waals surface area contributed by atoms with Crippen molar-refractivity contribution < 1.29 is 9.47 Å². The fourth-order valence-electron chi connectivity index (χ4n) is 1.86. The van der Waals surface area contributed by atoms with Crippen LogP contribution in [0.5, 0.6) is 11.5 Å². The molecule has 0 aliphatic rings. The molecule has 0 aliphatic heterocycles. The lowest BCUT2D eigenvalue weighted by atomic mass is 10.1. The molecule has 0 spiro atoms. The predicted molar refractivity (Wildman–Crippen MR) is 78.2 cm³/mol. The first-order valence-corrected chi connectivity index (χ1v) is 6.20. The SMILES string of the molecule is COc1cc(Cc2cnc(N)nc2N)cc(Cl)c1OC. The monoisotopic (exact) mass is 294 g/mol. The Bertz CT molecular complexity index is 634. The smallest absolute Gasteiger partial charge is 0.221 e. The van der Waals surface area contributed by atoms with Crippen molar-refractivity contribution in [3.05, 3.63) is 34.5 Å². The van der Waals surface area contributed by atoms with Crippen LogP contribution in [0.25, 0.3) is 0 Å². The van der Waals surface area contributed by atoms with Gasteiger partial charge in [-0.05, 0) is 17.7 Å². The number of halogens is 1. The van der Waals surface area contributed by atoms with Crippen LogP contribution in [0.3, 0.4) is 0 Å². The maximum absolute atomic E-state index is 6.16. The molecular weight excluding hydrogens is 280 g/mol. The third-order valence-electron chi connectivity index (χ3n) is 2.80. The molecule has 1 heterocycles. The van der Waals surface area contributed by atoms with E-state index in [1.54, 1.807) is 19.4 Å². The van der Waals surface area contributed by atoms with Crippen LogP contribution in [0.1, 0.15) is 11.1 Å². The summed E-state index contributed by atoms with van der Waals surface area (Å²) in [5.41, 5.74) is 13.0. The summed E-state index contributed by atoms with van der Waals surface area (Å²) in [7, 11) is 3.09. The number of ether oxygens (including phenoxy) is 2. The first-order valence-electron chi connectivity index (χ1n) is 5.82. The van der Waals surface area contributed by atoms with Crippen LogP contribution < -0.4 is 20.9 Å². The van der Waals surface area contributed by atoms with E-state index in [1.807, 2.05) is 6.07 Å². The van der Waals surface area contributed by atoms with Crippen molar-refractivity contribution in [2.24, 2.45) is 0 Å². The van der Waals surface area contributed by atoms with Crippen LogP contribution in [0.15, 0.2) is 18.3 Å². The van der Waals surface area contributed by atoms with Gasteiger partial charge in [-0.25, -0.2) is 4.98 Å². The maximum Gasteiger partial charge on any atom is 0.221 e. The van der Waals surface area contributed by atoms with Crippen molar-refractivity contribution in [2.75, 3.05) is 25.7 Å². The minimum atomic E-state index is 0.150. The number of nitrogens with zero attached hydrogens (tertiary/aromatic N) is 2. The molecule has 6 nitrogen and oxygen atoms in total. The Labute approximate surface area is 121 Å². The molecule has 0 fully saturated rings. The van der Waals surface area contributed by atoms with Crippen LogP contribution in [-0.4, -0.2) is 24.2 Å². The van der Waals surface area contributed by atoms with E-state index in [4.69, 9.17) is 32.5 Å². The topological polar surface area (TPSA) is 96.3 Å². The molecule has 2 aromatic rings. The number of nitrogens with two attached hydrogens (primary N) is 2. The Morgan fingerprint density at radius 3 is 2.55 bits per heavy atom. The molecule has 2 rings (SSSR count). The second-order valence-electron chi connectivity index (χ2n) is 4.13. The number of aromatic nitrogens is 2. The average molecular weight is 295 g/mol. The van der Waals surface area contributed by atoms with Gasteiger partial charge in [-0.3, -0.25) is 0 Å².